The predicted octanol–water partition coefficient (Wildman–Crippen LogP) is 12.4. The van der Waals surface area contributed by atoms with E-state index < -0.39 is 0 Å². The van der Waals surface area contributed by atoms with Crippen molar-refractivity contribution < 1.29 is 4.42 Å². The van der Waals surface area contributed by atoms with Crippen molar-refractivity contribution in [1.29, 1.82) is 0 Å². The second kappa shape index (κ2) is 10.9. The van der Waals surface area contributed by atoms with Crippen LogP contribution in [0.2, 0.25) is 0 Å². The molecule has 0 saturated carbocycles. The minimum atomic E-state index is -0.140. The minimum Gasteiger partial charge on any atom is -0.455 e. The Morgan fingerprint density at radius 3 is 2.30 bits per heavy atom. The first kappa shape index (κ1) is 28.2. The van der Waals surface area contributed by atoms with E-state index in [9.17, 15) is 0 Å². The lowest BCUT2D eigenvalue weighted by molar-refractivity contribution is 0.653. The Labute approximate surface area is 270 Å². The number of allylic oxidation sites excluding steroid dienone is 3. The highest BCUT2D eigenvalue weighted by Crippen LogP contribution is 2.54. The maximum absolute atomic E-state index is 6.62. The third-order valence-corrected chi connectivity index (χ3v) is 9.96. The van der Waals surface area contributed by atoms with Crippen LogP contribution in [0.4, 0.5) is 11.4 Å². The van der Waals surface area contributed by atoms with Crippen molar-refractivity contribution in [2.45, 2.75) is 38.5 Å². The summed E-state index contributed by atoms with van der Waals surface area (Å²) >= 11 is 0. The summed E-state index contributed by atoms with van der Waals surface area (Å²) in [6, 6.07) is 45.9. The zero-order chi connectivity index (χ0) is 31.4. The van der Waals surface area contributed by atoms with Crippen molar-refractivity contribution in [1.82, 2.24) is 0 Å². The van der Waals surface area contributed by atoms with Gasteiger partial charge in [-0.3, -0.25) is 0 Å². The van der Waals surface area contributed by atoms with E-state index in [1.54, 1.807) is 0 Å². The van der Waals surface area contributed by atoms with Crippen molar-refractivity contribution in [2.24, 2.45) is 0 Å². The third-order valence-electron chi connectivity index (χ3n) is 9.96. The van der Waals surface area contributed by atoms with Crippen molar-refractivity contribution >= 4 is 44.1 Å². The largest absolute Gasteiger partial charge is 0.455 e. The van der Waals surface area contributed by atoms with Crippen LogP contribution in [-0.2, 0) is 5.41 Å². The number of anilines is 2. The molecule has 8 rings (SSSR count). The lowest BCUT2D eigenvalue weighted by atomic mass is 9.82. The second-order valence-corrected chi connectivity index (χ2v) is 13.0. The molecule has 46 heavy (non-hydrogen) atoms. The van der Waals surface area contributed by atoms with Gasteiger partial charge in [-0.05, 0) is 65.3 Å². The second-order valence-electron chi connectivity index (χ2n) is 13.0. The lowest BCUT2D eigenvalue weighted by Crippen LogP contribution is -2.17. The van der Waals surface area contributed by atoms with E-state index in [-0.39, 0.29) is 11.3 Å². The highest BCUT2D eigenvalue weighted by Gasteiger charge is 2.38. The van der Waals surface area contributed by atoms with E-state index in [1.807, 2.05) is 6.07 Å². The number of nitrogens with zero attached hydrogens (tertiary/aromatic N) is 1. The Morgan fingerprint density at radius 1 is 0.761 bits per heavy atom. The molecule has 0 N–H and O–H groups in total. The van der Waals surface area contributed by atoms with E-state index in [0.29, 0.717) is 0 Å². The van der Waals surface area contributed by atoms with Gasteiger partial charge in [-0.2, -0.15) is 0 Å². The van der Waals surface area contributed by atoms with Gasteiger partial charge in [0.15, 0.2) is 0 Å². The van der Waals surface area contributed by atoms with Gasteiger partial charge in [0.1, 0.15) is 11.2 Å². The molecule has 0 unspecified atom stereocenters. The summed E-state index contributed by atoms with van der Waals surface area (Å²) < 4.78 is 6.62. The van der Waals surface area contributed by atoms with Gasteiger partial charge < -0.3 is 9.32 Å². The number of furan rings is 1. The molecule has 1 heterocycles. The van der Waals surface area contributed by atoms with E-state index in [4.69, 9.17) is 4.42 Å². The molecule has 2 nitrogen and oxygen atoms in total. The van der Waals surface area contributed by atoms with Crippen LogP contribution in [0.1, 0.15) is 49.8 Å². The van der Waals surface area contributed by atoms with E-state index in [0.717, 1.165) is 28.7 Å². The topological polar surface area (TPSA) is 16.4 Å². The van der Waals surface area contributed by atoms with Crippen LogP contribution < -0.4 is 4.90 Å². The van der Waals surface area contributed by atoms with Gasteiger partial charge in [0, 0.05) is 44.4 Å². The summed E-state index contributed by atoms with van der Waals surface area (Å²) in [5.41, 5.74) is 11.6. The normalized spacial score (nSPS) is 14.4. The number of fused-ring (bicyclic) bond motifs is 8. The van der Waals surface area contributed by atoms with Crippen molar-refractivity contribution in [3.05, 3.63) is 169 Å². The van der Waals surface area contributed by atoms with Gasteiger partial charge in [-0.25, -0.2) is 0 Å². The summed E-state index contributed by atoms with van der Waals surface area (Å²) in [6.07, 6.45) is 5.29. The van der Waals surface area contributed by atoms with Crippen LogP contribution >= 0.6 is 0 Å². The van der Waals surface area contributed by atoms with Crippen LogP contribution in [0.15, 0.2) is 156 Å². The highest BCUT2D eigenvalue weighted by atomic mass is 16.3. The molecule has 1 aliphatic carbocycles. The molecule has 6 aromatic carbocycles. The SMILES string of the molecule is C=C[C@H](C/C=C(\C)N(c1ccc2c(c1)-c1c(ccc3c1oc1ccccc13)C2(C)C)c1cccc2ccccc12)c1ccccc1. The first-order chi connectivity index (χ1) is 22.5. The molecule has 1 aliphatic rings. The number of para-hydroxylation sites is 1. The fourth-order valence-corrected chi connectivity index (χ4v) is 7.54. The predicted molar refractivity (Wildman–Crippen MR) is 195 cm³/mol. The number of hydrogen-bond acceptors (Lipinski definition) is 2. The van der Waals surface area contributed by atoms with Crippen LogP contribution in [0, 0.1) is 0 Å². The van der Waals surface area contributed by atoms with E-state index in [2.05, 4.69) is 166 Å². The Bertz CT molecular complexity index is 2300. The van der Waals surface area contributed by atoms with Crippen molar-refractivity contribution in [3.8, 4) is 11.1 Å². The smallest absolute Gasteiger partial charge is 0.143 e. The first-order valence-electron chi connectivity index (χ1n) is 16.2. The number of hydrogen-bond donors (Lipinski definition) is 0. The Morgan fingerprint density at radius 2 is 1.48 bits per heavy atom. The van der Waals surface area contributed by atoms with Gasteiger partial charge in [0.25, 0.3) is 0 Å². The standard InChI is InChI=1S/C44H37NO/c1-5-30(31-14-7-6-8-15-31)23-22-29(2)45(40-20-13-17-32-16-9-10-18-34(32)40)33-24-26-38-37(28-33)42-39(44(38,3)4)27-25-36-35-19-11-12-21-41(35)46-43(36)42/h5-22,24-28,30H,1,23H2,2-4H3/b29-22+/t30-/m1/s1. The average molecular weight is 596 g/mol. The fraction of sp³-hybridized carbons (Fsp3) is 0.136. The summed E-state index contributed by atoms with van der Waals surface area (Å²) in [5.74, 6) is 0.236. The molecule has 0 saturated heterocycles. The molecule has 1 aromatic heterocycles. The molecule has 0 bridgehead atoms. The van der Waals surface area contributed by atoms with Crippen molar-refractivity contribution in [3.63, 3.8) is 0 Å². The fourth-order valence-electron chi connectivity index (χ4n) is 7.54. The van der Waals surface area contributed by atoms with Gasteiger partial charge in [-0.1, -0.05) is 129 Å². The van der Waals surface area contributed by atoms with Gasteiger partial charge in [0.2, 0.25) is 0 Å². The van der Waals surface area contributed by atoms with Crippen LogP contribution in [0.25, 0.3) is 43.8 Å². The zero-order valence-corrected chi connectivity index (χ0v) is 26.6. The molecular formula is C44H37NO. The Balaban J connectivity index is 1.32. The highest BCUT2D eigenvalue weighted by molar-refractivity contribution is 6.12. The quantitative estimate of drug-likeness (QED) is 0.170. The molecule has 0 amide bonds. The zero-order valence-electron chi connectivity index (χ0n) is 26.6. The van der Waals surface area contributed by atoms with Gasteiger partial charge in [-0.15, -0.1) is 6.58 Å². The molecule has 224 valence electrons. The molecule has 2 heteroatoms. The maximum Gasteiger partial charge on any atom is 0.143 e. The van der Waals surface area contributed by atoms with Crippen LogP contribution in [-0.4, -0.2) is 0 Å². The van der Waals surface area contributed by atoms with Crippen LogP contribution in [0.5, 0.6) is 0 Å². The molecule has 0 spiro atoms. The first-order valence-corrected chi connectivity index (χ1v) is 16.2. The van der Waals surface area contributed by atoms with Crippen LogP contribution in [0.3, 0.4) is 0 Å². The van der Waals surface area contributed by atoms with Gasteiger partial charge in [0.05, 0.1) is 5.69 Å². The summed E-state index contributed by atoms with van der Waals surface area (Å²) in [5, 5.41) is 4.78. The summed E-state index contributed by atoms with van der Waals surface area (Å²) in [4.78, 5) is 2.43. The molecule has 1 atom stereocenters. The lowest BCUT2D eigenvalue weighted by Gasteiger charge is -2.29. The van der Waals surface area contributed by atoms with E-state index in [1.165, 1.54) is 55.4 Å². The molecule has 0 fully saturated rings. The Kier molecular flexibility index (Phi) is 6.69. The summed E-state index contributed by atoms with van der Waals surface area (Å²) in [7, 11) is 0. The minimum absolute atomic E-state index is 0.140. The monoisotopic (exact) mass is 595 g/mol. The summed E-state index contributed by atoms with van der Waals surface area (Å²) in [6.45, 7) is 11.1. The third kappa shape index (κ3) is 4.40. The molecular weight excluding hydrogens is 558 g/mol. The van der Waals surface area contributed by atoms with E-state index >= 15 is 0 Å². The van der Waals surface area contributed by atoms with Crippen molar-refractivity contribution in [2.75, 3.05) is 4.90 Å². The molecule has 0 radical (unpaired) electrons. The average Bonchev–Trinajstić information content (AvgIpc) is 3.58. The Hall–Kier alpha value is -5.34. The van der Waals surface area contributed by atoms with Gasteiger partial charge >= 0.3 is 0 Å². The number of benzene rings is 6. The molecule has 0 aliphatic heterocycles. The number of rotatable bonds is 7. The maximum atomic E-state index is 6.62. The molecule has 7 aromatic rings.